The van der Waals surface area contributed by atoms with Crippen LogP contribution in [0.1, 0.15) is 11.1 Å². The number of aryl methyl sites for hydroxylation is 1. The summed E-state index contributed by atoms with van der Waals surface area (Å²) in [6.45, 7) is 1.84. The molecule has 0 unspecified atom stereocenters. The number of benzene rings is 2. The standard InChI is InChI=1S/C15H13F3N2O2S2/c1-11-2-8-14(9-3-11)24(21,22)20-19-10-12-4-6-13(7-5-12)23-15(16,17)18/h2-10,20H,1H3/b19-10+. The Labute approximate surface area is 141 Å². The molecule has 2 aromatic carbocycles. The van der Waals surface area contributed by atoms with Gasteiger partial charge in [-0.1, -0.05) is 29.8 Å². The van der Waals surface area contributed by atoms with Crippen LogP contribution in [-0.2, 0) is 10.0 Å². The molecule has 0 radical (unpaired) electrons. The number of hydrogen-bond acceptors (Lipinski definition) is 4. The third-order valence-corrected chi connectivity index (χ3v) is 4.81. The summed E-state index contributed by atoms with van der Waals surface area (Å²) in [7, 11) is -3.78. The molecule has 0 fully saturated rings. The molecular formula is C15H13F3N2O2S2. The van der Waals surface area contributed by atoms with Crippen molar-refractivity contribution in [2.24, 2.45) is 5.10 Å². The van der Waals surface area contributed by atoms with Crippen molar-refractivity contribution in [3.63, 3.8) is 0 Å². The fourth-order valence-corrected chi connectivity index (χ4v) is 3.03. The average molecular weight is 374 g/mol. The summed E-state index contributed by atoms with van der Waals surface area (Å²) < 4.78 is 60.6. The van der Waals surface area contributed by atoms with Crippen LogP contribution in [-0.4, -0.2) is 20.1 Å². The molecule has 0 atom stereocenters. The predicted octanol–water partition coefficient (Wildman–Crippen LogP) is 3.92. The molecule has 0 spiro atoms. The molecule has 0 heterocycles. The van der Waals surface area contributed by atoms with Gasteiger partial charge in [0.15, 0.2) is 0 Å². The lowest BCUT2D eigenvalue weighted by Crippen LogP contribution is -2.18. The van der Waals surface area contributed by atoms with Crippen LogP contribution in [0.2, 0.25) is 0 Å². The van der Waals surface area contributed by atoms with Crippen LogP contribution in [0, 0.1) is 6.92 Å². The molecule has 0 aliphatic carbocycles. The molecular weight excluding hydrogens is 361 g/mol. The van der Waals surface area contributed by atoms with Crippen molar-refractivity contribution in [3.05, 3.63) is 59.7 Å². The second-order valence-electron chi connectivity index (χ2n) is 4.78. The summed E-state index contributed by atoms with van der Waals surface area (Å²) in [6, 6.07) is 11.6. The number of nitrogens with zero attached hydrogens (tertiary/aromatic N) is 1. The van der Waals surface area contributed by atoms with E-state index in [1.807, 2.05) is 6.92 Å². The van der Waals surface area contributed by atoms with Crippen molar-refractivity contribution in [2.45, 2.75) is 22.2 Å². The Kier molecular flexibility index (Phi) is 5.55. The van der Waals surface area contributed by atoms with Gasteiger partial charge in [0.2, 0.25) is 0 Å². The fourth-order valence-electron chi connectivity index (χ4n) is 1.70. The normalized spacial score (nSPS) is 12.5. The van der Waals surface area contributed by atoms with E-state index in [4.69, 9.17) is 0 Å². The number of thioether (sulfide) groups is 1. The first kappa shape index (κ1) is 18.3. The second-order valence-corrected chi connectivity index (χ2v) is 7.58. The number of sulfonamides is 1. The maximum absolute atomic E-state index is 12.2. The van der Waals surface area contributed by atoms with Crippen LogP contribution in [0.25, 0.3) is 0 Å². The lowest BCUT2D eigenvalue weighted by Gasteiger charge is -2.05. The first-order valence-corrected chi connectivity index (χ1v) is 8.93. The molecule has 2 aromatic rings. The zero-order chi connectivity index (χ0) is 17.8. The van der Waals surface area contributed by atoms with E-state index >= 15 is 0 Å². The molecule has 0 saturated heterocycles. The first-order valence-electron chi connectivity index (χ1n) is 6.63. The SMILES string of the molecule is Cc1ccc(S(=O)(=O)N/N=C/c2ccc(SC(F)(F)F)cc2)cc1. The maximum atomic E-state index is 12.2. The molecule has 0 aliphatic heterocycles. The third kappa shape index (κ3) is 5.57. The van der Waals surface area contributed by atoms with Crippen molar-refractivity contribution in [1.29, 1.82) is 0 Å². The molecule has 4 nitrogen and oxygen atoms in total. The van der Waals surface area contributed by atoms with Crippen LogP contribution < -0.4 is 4.83 Å². The Bertz CT molecular complexity index is 815. The highest BCUT2D eigenvalue weighted by Gasteiger charge is 2.28. The molecule has 0 saturated carbocycles. The lowest BCUT2D eigenvalue weighted by atomic mass is 10.2. The number of halogens is 3. The van der Waals surface area contributed by atoms with Gasteiger partial charge in [-0.3, -0.25) is 0 Å². The van der Waals surface area contributed by atoms with E-state index in [0.29, 0.717) is 5.56 Å². The highest BCUT2D eigenvalue weighted by Crippen LogP contribution is 2.36. The highest BCUT2D eigenvalue weighted by atomic mass is 32.2. The van der Waals surface area contributed by atoms with Crippen molar-refractivity contribution < 1.29 is 21.6 Å². The van der Waals surface area contributed by atoms with Crippen LogP contribution in [0.5, 0.6) is 0 Å². The van der Waals surface area contributed by atoms with Gasteiger partial charge < -0.3 is 0 Å². The monoisotopic (exact) mass is 374 g/mol. The predicted molar refractivity (Wildman–Crippen MR) is 87.4 cm³/mol. The smallest absolute Gasteiger partial charge is 0.200 e. The van der Waals surface area contributed by atoms with Crippen molar-refractivity contribution >= 4 is 28.0 Å². The first-order chi connectivity index (χ1) is 11.2. The van der Waals surface area contributed by atoms with Gasteiger partial charge in [0, 0.05) is 4.90 Å². The van der Waals surface area contributed by atoms with Gasteiger partial charge in [-0.15, -0.1) is 0 Å². The third-order valence-electron chi connectivity index (χ3n) is 2.83. The van der Waals surface area contributed by atoms with Crippen molar-refractivity contribution in [3.8, 4) is 0 Å². The Morgan fingerprint density at radius 2 is 1.62 bits per heavy atom. The molecule has 0 amide bonds. The van der Waals surface area contributed by atoms with E-state index in [-0.39, 0.29) is 21.6 Å². The number of nitrogens with one attached hydrogen (secondary N) is 1. The molecule has 0 aromatic heterocycles. The van der Waals surface area contributed by atoms with Gasteiger partial charge in [0.1, 0.15) is 0 Å². The quantitative estimate of drug-likeness (QED) is 0.490. The number of hydrogen-bond donors (Lipinski definition) is 1. The zero-order valence-electron chi connectivity index (χ0n) is 12.4. The van der Waals surface area contributed by atoms with Gasteiger partial charge in [-0.25, -0.2) is 4.83 Å². The molecule has 9 heteroatoms. The van der Waals surface area contributed by atoms with Crippen LogP contribution >= 0.6 is 11.8 Å². The maximum Gasteiger partial charge on any atom is 0.446 e. The van der Waals surface area contributed by atoms with E-state index in [0.717, 1.165) is 5.56 Å². The fraction of sp³-hybridized carbons (Fsp3) is 0.133. The summed E-state index contributed by atoms with van der Waals surface area (Å²) in [5, 5.41) is 3.62. The van der Waals surface area contributed by atoms with E-state index in [1.54, 1.807) is 12.1 Å². The summed E-state index contributed by atoms with van der Waals surface area (Å²) in [5.74, 6) is 0. The van der Waals surface area contributed by atoms with Crippen LogP contribution in [0.3, 0.4) is 0 Å². The Balaban J connectivity index is 2.02. The summed E-state index contributed by atoms with van der Waals surface area (Å²) in [6.07, 6.45) is 1.22. The summed E-state index contributed by atoms with van der Waals surface area (Å²) >= 11 is -0.220. The van der Waals surface area contributed by atoms with E-state index < -0.39 is 15.5 Å². The molecule has 0 bridgehead atoms. The summed E-state index contributed by atoms with van der Waals surface area (Å²) in [5.41, 5.74) is -2.96. The molecule has 2 rings (SSSR count). The molecule has 0 aliphatic rings. The van der Waals surface area contributed by atoms with Gasteiger partial charge in [0.25, 0.3) is 10.0 Å². The van der Waals surface area contributed by atoms with Crippen LogP contribution in [0.4, 0.5) is 13.2 Å². The van der Waals surface area contributed by atoms with Crippen LogP contribution in [0.15, 0.2) is 63.4 Å². The minimum Gasteiger partial charge on any atom is -0.200 e. The largest absolute Gasteiger partial charge is 0.446 e. The van der Waals surface area contributed by atoms with Crippen molar-refractivity contribution in [1.82, 2.24) is 4.83 Å². The van der Waals surface area contributed by atoms with E-state index in [1.165, 1.54) is 42.6 Å². The Morgan fingerprint density at radius 1 is 1.04 bits per heavy atom. The zero-order valence-corrected chi connectivity index (χ0v) is 14.0. The Hall–Kier alpha value is -2.00. The lowest BCUT2D eigenvalue weighted by molar-refractivity contribution is -0.0328. The minimum absolute atomic E-state index is 0.0416. The average Bonchev–Trinajstić information content (AvgIpc) is 2.48. The molecule has 24 heavy (non-hydrogen) atoms. The Morgan fingerprint density at radius 3 is 2.17 bits per heavy atom. The van der Waals surface area contributed by atoms with Gasteiger partial charge in [-0.2, -0.15) is 26.7 Å². The van der Waals surface area contributed by atoms with E-state index in [2.05, 4.69) is 9.93 Å². The van der Waals surface area contributed by atoms with Gasteiger partial charge in [0.05, 0.1) is 11.1 Å². The van der Waals surface area contributed by atoms with Crippen molar-refractivity contribution in [2.75, 3.05) is 0 Å². The molecule has 128 valence electrons. The summed E-state index contributed by atoms with van der Waals surface area (Å²) in [4.78, 5) is 2.17. The second kappa shape index (κ2) is 7.27. The topological polar surface area (TPSA) is 58.5 Å². The number of rotatable bonds is 5. The highest BCUT2D eigenvalue weighted by molar-refractivity contribution is 8.00. The number of alkyl halides is 3. The minimum atomic E-state index is -4.35. The molecule has 1 N–H and O–H groups in total. The van der Waals surface area contributed by atoms with E-state index in [9.17, 15) is 21.6 Å². The number of hydrazone groups is 1. The van der Waals surface area contributed by atoms with Gasteiger partial charge >= 0.3 is 5.51 Å². The van der Waals surface area contributed by atoms with Gasteiger partial charge in [-0.05, 0) is 48.5 Å².